The first kappa shape index (κ1) is 13.8. The highest BCUT2D eigenvalue weighted by Gasteiger charge is 2.16. The highest BCUT2D eigenvalue weighted by Crippen LogP contribution is 2.25. The molecule has 0 radical (unpaired) electrons. The van der Waals surface area contributed by atoms with Gasteiger partial charge in [0.05, 0.1) is 18.4 Å². The number of methoxy groups -OCH3 is 1. The lowest BCUT2D eigenvalue weighted by Gasteiger charge is -2.12. The van der Waals surface area contributed by atoms with Crippen LogP contribution in [-0.2, 0) is 9.53 Å². The summed E-state index contributed by atoms with van der Waals surface area (Å²) < 4.78 is 9.86. The van der Waals surface area contributed by atoms with E-state index in [1.165, 1.54) is 18.1 Å². The van der Waals surface area contributed by atoms with E-state index in [1.807, 2.05) is 0 Å². The monoisotopic (exact) mass is 252 g/mol. The van der Waals surface area contributed by atoms with Crippen LogP contribution in [0.4, 0.5) is 5.69 Å². The molecule has 0 aliphatic rings. The Balaban J connectivity index is 2.76. The van der Waals surface area contributed by atoms with Gasteiger partial charge in [-0.25, -0.2) is 4.79 Å². The number of hydrogen-bond acceptors (Lipinski definition) is 5. The molecule has 0 aliphatic carbocycles. The minimum Gasteiger partial charge on any atom is -0.495 e. The minimum absolute atomic E-state index is 0.181. The molecule has 0 atom stereocenters. The van der Waals surface area contributed by atoms with Crippen molar-refractivity contribution in [3.63, 3.8) is 0 Å². The molecule has 0 saturated carbocycles. The molecular formula is C12H16N2O4. The van der Waals surface area contributed by atoms with Crippen molar-refractivity contribution in [3.05, 3.63) is 23.8 Å². The molecule has 6 nitrogen and oxygen atoms in total. The van der Waals surface area contributed by atoms with Gasteiger partial charge in [-0.05, 0) is 12.1 Å². The molecule has 0 unspecified atom stereocenters. The van der Waals surface area contributed by atoms with Gasteiger partial charge >= 0.3 is 5.97 Å². The predicted octanol–water partition coefficient (Wildman–Crippen LogP) is 0.522. The number of ether oxygens (including phenoxy) is 2. The Labute approximate surface area is 105 Å². The van der Waals surface area contributed by atoms with Gasteiger partial charge in [-0.3, -0.25) is 4.79 Å². The molecule has 2 N–H and O–H groups in total. The lowest BCUT2D eigenvalue weighted by Crippen LogP contribution is -2.27. The topological polar surface area (TPSA) is 81.9 Å². The van der Waals surface area contributed by atoms with Crippen molar-refractivity contribution in [2.45, 2.75) is 0 Å². The molecule has 1 aromatic carbocycles. The Kier molecular flexibility index (Phi) is 4.53. The summed E-state index contributed by atoms with van der Waals surface area (Å²) in [7, 11) is 4.61. The van der Waals surface area contributed by atoms with Gasteiger partial charge in [0.2, 0.25) is 0 Å². The van der Waals surface area contributed by atoms with Gasteiger partial charge in [0.25, 0.3) is 5.91 Å². The van der Waals surface area contributed by atoms with Crippen LogP contribution < -0.4 is 10.5 Å². The van der Waals surface area contributed by atoms with Crippen molar-refractivity contribution in [3.8, 4) is 5.75 Å². The summed E-state index contributed by atoms with van der Waals surface area (Å²) in [6, 6.07) is 4.77. The highest BCUT2D eigenvalue weighted by atomic mass is 16.5. The van der Waals surface area contributed by atoms with Crippen molar-refractivity contribution >= 4 is 17.6 Å². The van der Waals surface area contributed by atoms with Gasteiger partial charge in [-0.2, -0.15) is 0 Å². The Hall–Kier alpha value is -2.24. The smallest absolute Gasteiger partial charge is 0.340 e. The number of carbonyl (C=O) groups is 2. The van der Waals surface area contributed by atoms with Crippen molar-refractivity contribution in [2.75, 3.05) is 33.5 Å². The number of nitrogen functional groups attached to an aromatic ring is 1. The largest absolute Gasteiger partial charge is 0.495 e. The molecule has 0 aliphatic heterocycles. The maximum atomic E-state index is 11.7. The highest BCUT2D eigenvalue weighted by molar-refractivity contribution is 5.97. The molecule has 0 aromatic heterocycles. The summed E-state index contributed by atoms with van der Waals surface area (Å²) in [5.74, 6) is -0.560. The summed E-state index contributed by atoms with van der Waals surface area (Å²) in [5, 5.41) is 0. The van der Waals surface area contributed by atoms with Gasteiger partial charge < -0.3 is 20.1 Å². The van der Waals surface area contributed by atoms with Gasteiger partial charge in [0.15, 0.2) is 6.61 Å². The Bertz CT molecular complexity index is 457. The summed E-state index contributed by atoms with van der Waals surface area (Å²) in [4.78, 5) is 24.3. The molecule has 98 valence electrons. The lowest BCUT2D eigenvalue weighted by molar-refractivity contribution is -0.131. The molecule has 0 fully saturated rings. The molecule has 0 heterocycles. The van der Waals surface area contributed by atoms with Crippen LogP contribution in [0.15, 0.2) is 18.2 Å². The number of nitrogens with zero attached hydrogens (tertiary/aromatic N) is 1. The van der Waals surface area contributed by atoms with E-state index >= 15 is 0 Å². The van der Waals surface area contributed by atoms with Crippen molar-refractivity contribution in [2.24, 2.45) is 0 Å². The number of hydrogen-bond donors (Lipinski definition) is 1. The maximum Gasteiger partial charge on any atom is 0.340 e. The number of benzene rings is 1. The summed E-state index contributed by atoms with van der Waals surface area (Å²) >= 11 is 0. The Morgan fingerprint density at radius 2 is 2.00 bits per heavy atom. The molecule has 1 aromatic rings. The molecule has 1 rings (SSSR count). The van der Waals surface area contributed by atoms with Crippen LogP contribution >= 0.6 is 0 Å². The fourth-order valence-electron chi connectivity index (χ4n) is 1.23. The van der Waals surface area contributed by atoms with E-state index in [0.29, 0.717) is 5.75 Å². The fourth-order valence-corrected chi connectivity index (χ4v) is 1.23. The number of para-hydroxylation sites is 1. The first-order valence-corrected chi connectivity index (χ1v) is 5.27. The number of esters is 1. The second-order valence-electron chi connectivity index (χ2n) is 3.79. The fraction of sp³-hybridized carbons (Fsp3) is 0.333. The third-order valence-electron chi connectivity index (χ3n) is 2.33. The zero-order chi connectivity index (χ0) is 13.7. The third-order valence-corrected chi connectivity index (χ3v) is 2.33. The molecular weight excluding hydrogens is 236 g/mol. The van der Waals surface area contributed by atoms with E-state index in [0.717, 1.165) is 0 Å². The van der Waals surface area contributed by atoms with Crippen molar-refractivity contribution < 1.29 is 19.1 Å². The molecule has 0 spiro atoms. The van der Waals surface area contributed by atoms with Crippen LogP contribution in [0.5, 0.6) is 5.75 Å². The minimum atomic E-state index is -0.651. The van der Waals surface area contributed by atoms with Crippen LogP contribution in [0.1, 0.15) is 10.4 Å². The van der Waals surface area contributed by atoms with E-state index in [2.05, 4.69) is 0 Å². The van der Waals surface area contributed by atoms with Gasteiger partial charge in [-0.15, -0.1) is 0 Å². The normalized spacial score (nSPS) is 9.72. The second kappa shape index (κ2) is 5.90. The molecule has 0 bridgehead atoms. The predicted molar refractivity (Wildman–Crippen MR) is 66.4 cm³/mol. The zero-order valence-electron chi connectivity index (χ0n) is 10.6. The maximum absolute atomic E-state index is 11.7. The number of anilines is 1. The summed E-state index contributed by atoms with van der Waals surface area (Å²) in [5.41, 5.74) is 6.12. The number of carbonyl (C=O) groups excluding carboxylic acids is 2. The van der Waals surface area contributed by atoms with Crippen LogP contribution in [0.25, 0.3) is 0 Å². The average molecular weight is 252 g/mol. The first-order chi connectivity index (χ1) is 8.47. The number of likely N-dealkylation sites (N-methyl/N-ethyl adjacent to an activating group) is 1. The zero-order valence-corrected chi connectivity index (χ0v) is 10.6. The van der Waals surface area contributed by atoms with Crippen molar-refractivity contribution in [1.82, 2.24) is 4.90 Å². The van der Waals surface area contributed by atoms with E-state index in [1.54, 1.807) is 26.2 Å². The van der Waals surface area contributed by atoms with Crippen LogP contribution in [0.2, 0.25) is 0 Å². The van der Waals surface area contributed by atoms with E-state index in [-0.39, 0.29) is 23.8 Å². The summed E-state index contributed by atoms with van der Waals surface area (Å²) in [6.45, 7) is -0.317. The van der Waals surface area contributed by atoms with Gasteiger partial charge in [0, 0.05) is 14.1 Å². The summed E-state index contributed by atoms with van der Waals surface area (Å²) in [6.07, 6.45) is 0. The molecule has 1 amide bonds. The van der Waals surface area contributed by atoms with Gasteiger partial charge in [-0.1, -0.05) is 6.07 Å². The SMILES string of the molecule is COc1cccc(C(=O)OCC(=O)N(C)C)c1N. The number of nitrogens with two attached hydrogens (primary N) is 1. The third kappa shape index (κ3) is 3.13. The molecule has 18 heavy (non-hydrogen) atoms. The Morgan fingerprint density at radius 1 is 1.33 bits per heavy atom. The molecule has 0 saturated heterocycles. The molecule has 6 heteroatoms. The van der Waals surface area contributed by atoms with Gasteiger partial charge in [0.1, 0.15) is 5.75 Å². The lowest BCUT2D eigenvalue weighted by atomic mass is 10.1. The van der Waals surface area contributed by atoms with E-state index in [9.17, 15) is 9.59 Å². The van der Waals surface area contributed by atoms with Crippen LogP contribution in [0.3, 0.4) is 0 Å². The number of rotatable bonds is 4. The second-order valence-corrected chi connectivity index (χ2v) is 3.79. The van der Waals surface area contributed by atoms with E-state index < -0.39 is 5.97 Å². The van der Waals surface area contributed by atoms with E-state index in [4.69, 9.17) is 15.2 Å². The quantitative estimate of drug-likeness (QED) is 0.624. The van der Waals surface area contributed by atoms with Crippen LogP contribution in [0, 0.1) is 0 Å². The standard InChI is InChI=1S/C12H16N2O4/c1-14(2)10(15)7-18-12(16)8-5-4-6-9(17-3)11(8)13/h4-6H,7,13H2,1-3H3. The van der Waals surface area contributed by atoms with Crippen molar-refractivity contribution in [1.29, 1.82) is 0 Å². The first-order valence-electron chi connectivity index (χ1n) is 5.27. The average Bonchev–Trinajstić information content (AvgIpc) is 2.35. The Morgan fingerprint density at radius 3 is 2.56 bits per heavy atom. The van der Waals surface area contributed by atoms with Crippen LogP contribution in [-0.4, -0.2) is 44.6 Å². The number of amides is 1.